The molecule has 2 N–H and O–H groups in total. The molecule has 0 atom stereocenters. The van der Waals surface area contributed by atoms with Gasteiger partial charge in [-0.05, 0) is 43.0 Å². The molecule has 0 aliphatic rings. The number of nitrogens with two attached hydrogens (primary N) is 1. The second kappa shape index (κ2) is 8.20. The highest BCUT2D eigenvalue weighted by Crippen LogP contribution is 2.32. The molecule has 28 heavy (non-hydrogen) atoms. The van der Waals surface area contributed by atoms with Gasteiger partial charge in [-0.25, -0.2) is 15.0 Å². The van der Waals surface area contributed by atoms with E-state index in [1.807, 2.05) is 0 Å². The van der Waals surface area contributed by atoms with Crippen molar-refractivity contribution >= 4 is 5.82 Å². The third kappa shape index (κ3) is 4.44. The Morgan fingerprint density at radius 3 is 2.36 bits per heavy atom. The molecule has 0 aliphatic heterocycles. The van der Waals surface area contributed by atoms with Crippen molar-refractivity contribution in [2.45, 2.75) is 26.7 Å². The predicted molar refractivity (Wildman–Crippen MR) is 107 cm³/mol. The van der Waals surface area contributed by atoms with Crippen LogP contribution in [0, 0.1) is 30.1 Å². The molecule has 0 radical (unpaired) electrons. The lowest BCUT2D eigenvalue weighted by Gasteiger charge is -2.14. The van der Waals surface area contributed by atoms with Crippen molar-refractivity contribution in [2.75, 3.05) is 5.73 Å². The van der Waals surface area contributed by atoms with Gasteiger partial charge in [-0.3, -0.25) is 0 Å². The quantitative estimate of drug-likeness (QED) is 0.702. The summed E-state index contributed by atoms with van der Waals surface area (Å²) in [6, 6.07) is 10.9. The number of nitriles is 1. The Hall–Kier alpha value is -3.90. The Balaban J connectivity index is 1.93. The topological polar surface area (TPSA) is 97.7 Å². The van der Waals surface area contributed by atoms with E-state index in [9.17, 15) is 0 Å². The van der Waals surface area contributed by atoms with E-state index in [1.165, 1.54) is 0 Å². The van der Waals surface area contributed by atoms with Crippen LogP contribution in [0.2, 0.25) is 0 Å². The van der Waals surface area contributed by atoms with Gasteiger partial charge in [0, 0.05) is 23.4 Å². The molecule has 6 heteroatoms. The summed E-state index contributed by atoms with van der Waals surface area (Å²) in [5, 5.41) is 8.87. The highest BCUT2D eigenvalue weighted by molar-refractivity contribution is 5.50. The Morgan fingerprint density at radius 2 is 1.71 bits per heavy atom. The van der Waals surface area contributed by atoms with Crippen molar-refractivity contribution in [3.05, 3.63) is 70.9 Å². The number of nitrogen functional groups attached to an aromatic ring is 1. The molecule has 0 saturated carbocycles. The first-order valence-electron chi connectivity index (χ1n) is 8.75. The van der Waals surface area contributed by atoms with Crippen LogP contribution in [0.25, 0.3) is 0 Å². The van der Waals surface area contributed by atoms with Crippen LogP contribution in [-0.2, 0) is 0 Å². The third-order valence-corrected chi connectivity index (χ3v) is 3.99. The fraction of sp³-hybridized carbons (Fsp3) is 0.182. The zero-order valence-corrected chi connectivity index (χ0v) is 15.9. The Labute approximate surface area is 164 Å². The SMILES string of the molecule is Cc1ncc(Oc2cc(C#Cc3ccc(C#N)cc3)ncc2C(C)C)c(N)n1. The van der Waals surface area contributed by atoms with Gasteiger partial charge in [0.2, 0.25) is 0 Å². The fourth-order valence-corrected chi connectivity index (χ4v) is 2.48. The first-order valence-corrected chi connectivity index (χ1v) is 8.75. The van der Waals surface area contributed by atoms with E-state index in [0.717, 1.165) is 11.1 Å². The number of hydrogen-bond acceptors (Lipinski definition) is 6. The molecule has 0 saturated heterocycles. The number of aromatic nitrogens is 3. The number of aryl methyl sites for hydroxylation is 1. The maximum Gasteiger partial charge on any atom is 0.187 e. The minimum Gasteiger partial charge on any atom is -0.451 e. The fourth-order valence-electron chi connectivity index (χ4n) is 2.48. The van der Waals surface area contributed by atoms with Gasteiger partial charge < -0.3 is 10.5 Å². The van der Waals surface area contributed by atoms with E-state index >= 15 is 0 Å². The second-order valence-electron chi connectivity index (χ2n) is 6.47. The van der Waals surface area contributed by atoms with Crippen LogP contribution in [0.5, 0.6) is 11.5 Å². The van der Waals surface area contributed by atoms with Crippen molar-refractivity contribution in [3.63, 3.8) is 0 Å². The molecule has 1 aromatic carbocycles. The van der Waals surface area contributed by atoms with Gasteiger partial charge in [0.15, 0.2) is 11.6 Å². The highest BCUT2D eigenvalue weighted by Gasteiger charge is 2.13. The van der Waals surface area contributed by atoms with E-state index in [1.54, 1.807) is 49.6 Å². The number of benzene rings is 1. The molecule has 3 rings (SSSR count). The van der Waals surface area contributed by atoms with Gasteiger partial charge >= 0.3 is 0 Å². The minimum absolute atomic E-state index is 0.204. The van der Waals surface area contributed by atoms with Crippen LogP contribution in [0.3, 0.4) is 0 Å². The van der Waals surface area contributed by atoms with Gasteiger partial charge in [-0.2, -0.15) is 5.26 Å². The van der Waals surface area contributed by atoms with Crippen LogP contribution < -0.4 is 10.5 Å². The van der Waals surface area contributed by atoms with Crippen molar-refractivity contribution < 1.29 is 4.74 Å². The van der Waals surface area contributed by atoms with Crippen LogP contribution in [0.4, 0.5) is 5.82 Å². The van der Waals surface area contributed by atoms with Gasteiger partial charge in [-0.15, -0.1) is 0 Å². The van der Waals surface area contributed by atoms with Gasteiger partial charge in [-0.1, -0.05) is 19.8 Å². The van der Waals surface area contributed by atoms with Crippen LogP contribution in [-0.4, -0.2) is 15.0 Å². The minimum atomic E-state index is 0.204. The molecule has 0 spiro atoms. The summed E-state index contributed by atoms with van der Waals surface area (Å²) in [7, 11) is 0. The molecule has 2 heterocycles. The van der Waals surface area contributed by atoms with Crippen molar-refractivity contribution in [1.29, 1.82) is 5.26 Å². The largest absolute Gasteiger partial charge is 0.451 e. The van der Waals surface area contributed by atoms with E-state index in [4.69, 9.17) is 15.7 Å². The summed E-state index contributed by atoms with van der Waals surface area (Å²) in [5.41, 5.74) is 8.84. The monoisotopic (exact) mass is 369 g/mol. The van der Waals surface area contributed by atoms with E-state index < -0.39 is 0 Å². The zero-order valence-electron chi connectivity index (χ0n) is 15.9. The summed E-state index contributed by atoms with van der Waals surface area (Å²) in [6.45, 7) is 5.88. The van der Waals surface area contributed by atoms with Crippen molar-refractivity contribution in [1.82, 2.24) is 15.0 Å². The van der Waals surface area contributed by atoms with Gasteiger partial charge in [0.05, 0.1) is 17.8 Å². The van der Waals surface area contributed by atoms with Crippen LogP contribution in [0.1, 0.15) is 48.0 Å². The number of pyridine rings is 1. The smallest absolute Gasteiger partial charge is 0.187 e. The molecule has 0 bridgehead atoms. The number of rotatable bonds is 3. The van der Waals surface area contributed by atoms with Crippen LogP contribution in [0.15, 0.2) is 42.7 Å². The summed E-state index contributed by atoms with van der Waals surface area (Å²) < 4.78 is 5.99. The molecule has 138 valence electrons. The average Bonchev–Trinajstić information content (AvgIpc) is 2.69. The normalized spacial score (nSPS) is 10.1. The van der Waals surface area contributed by atoms with E-state index in [-0.39, 0.29) is 11.7 Å². The molecule has 0 aliphatic carbocycles. The third-order valence-electron chi connectivity index (χ3n) is 3.99. The lowest BCUT2D eigenvalue weighted by molar-refractivity contribution is 0.469. The maximum atomic E-state index is 8.87. The molecular weight excluding hydrogens is 350 g/mol. The number of ether oxygens (including phenoxy) is 1. The predicted octanol–water partition coefficient (Wildman–Crippen LogP) is 3.95. The van der Waals surface area contributed by atoms with Gasteiger partial charge in [0.1, 0.15) is 17.3 Å². The average molecular weight is 369 g/mol. The molecule has 0 amide bonds. The lowest BCUT2D eigenvalue weighted by atomic mass is 10.0. The molecular formula is C22H19N5O. The standard InChI is InChI=1S/C22H19N5O/c1-14(2)19-12-26-18(9-8-16-4-6-17(11-23)7-5-16)10-20(19)28-21-13-25-15(3)27-22(21)24/h4-7,10,12-14H,1-3H3,(H2,24,25,27). The Kier molecular flexibility index (Phi) is 5.53. The summed E-state index contributed by atoms with van der Waals surface area (Å²) in [4.78, 5) is 12.7. The highest BCUT2D eigenvalue weighted by atomic mass is 16.5. The zero-order chi connectivity index (χ0) is 20.1. The molecule has 2 aromatic heterocycles. The number of hydrogen-bond donors (Lipinski definition) is 1. The lowest BCUT2D eigenvalue weighted by Crippen LogP contribution is -2.02. The first kappa shape index (κ1) is 18.9. The molecule has 0 fully saturated rings. The Bertz CT molecular complexity index is 1100. The second-order valence-corrected chi connectivity index (χ2v) is 6.47. The number of nitrogens with zero attached hydrogens (tertiary/aromatic N) is 4. The van der Waals surface area contributed by atoms with Gasteiger partial charge in [0.25, 0.3) is 0 Å². The van der Waals surface area contributed by atoms with Crippen molar-refractivity contribution in [2.24, 2.45) is 0 Å². The number of anilines is 1. The summed E-state index contributed by atoms with van der Waals surface area (Å²) in [5.74, 6) is 8.15. The van der Waals surface area contributed by atoms with E-state index in [0.29, 0.717) is 28.6 Å². The molecule has 0 unspecified atom stereocenters. The molecule has 6 nitrogen and oxygen atoms in total. The molecule has 3 aromatic rings. The van der Waals surface area contributed by atoms with Crippen LogP contribution >= 0.6 is 0 Å². The maximum absolute atomic E-state index is 8.87. The van der Waals surface area contributed by atoms with E-state index in [2.05, 4.69) is 46.7 Å². The summed E-state index contributed by atoms with van der Waals surface area (Å²) in [6.07, 6.45) is 3.32. The van der Waals surface area contributed by atoms with Crippen molar-refractivity contribution in [3.8, 4) is 29.4 Å². The summed E-state index contributed by atoms with van der Waals surface area (Å²) >= 11 is 0. The first-order chi connectivity index (χ1) is 13.5. The Morgan fingerprint density at radius 1 is 1.00 bits per heavy atom.